The van der Waals surface area contributed by atoms with Crippen molar-refractivity contribution in [1.82, 2.24) is 10.2 Å². The number of piperidine rings is 1. The molecule has 3 nitrogen and oxygen atoms in total. The minimum absolute atomic E-state index is 0. The molecule has 1 aromatic rings. The highest BCUT2D eigenvalue weighted by Gasteiger charge is 2.22. The number of benzene rings is 1. The lowest BCUT2D eigenvalue weighted by Gasteiger charge is -2.32. The highest BCUT2D eigenvalue weighted by atomic mass is 35.5. The molecule has 0 aromatic heterocycles. The van der Waals surface area contributed by atoms with Gasteiger partial charge in [-0.15, -0.1) is 12.4 Å². The number of nitrogens with one attached hydrogen (secondary N) is 1. The predicted octanol–water partition coefficient (Wildman–Crippen LogP) is 2.51. The molecule has 1 amide bonds. The van der Waals surface area contributed by atoms with Crippen LogP contribution in [0.2, 0.25) is 5.02 Å². The fourth-order valence-corrected chi connectivity index (χ4v) is 2.45. The van der Waals surface area contributed by atoms with E-state index < -0.39 is 0 Å². The van der Waals surface area contributed by atoms with Crippen LogP contribution in [-0.2, 0) is 11.2 Å². The molecular formula is C14H20Cl2N2O. The van der Waals surface area contributed by atoms with Gasteiger partial charge < -0.3 is 10.2 Å². The van der Waals surface area contributed by atoms with Gasteiger partial charge in [0.1, 0.15) is 0 Å². The first-order valence-corrected chi connectivity index (χ1v) is 6.76. The van der Waals surface area contributed by atoms with E-state index in [2.05, 4.69) is 5.32 Å². The topological polar surface area (TPSA) is 32.3 Å². The summed E-state index contributed by atoms with van der Waals surface area (Å²) in [6.45, 7) is 1.70. The van der Waals surface area contributed by atoms with Crippen LogP contribution in [-0.4, -0.2) is 37.0 Å². The largest absolute Gasteiger partial charge is 0.341 e. The van der Waals surface area contributed by atoms with Crippen LogP contribution in [0.4, 0.5) is 0 Å². The summed E-state index contributed by atoms with van der Waals surface area (Å²) >= 11 is 5.83. The highest BCUT2D eigenvalue weighted by Crippen LogP contribution is 2.14. The third kappa shape index (κ3) is 4.68. The maximum Gasteiger partial charge on any atom is 0.227 e. The van der Waals surface area contributed by atoms with Gasteiger partial charge in [0.05, 0.1) is 6.42 Å². The van der Waals surface area contributed by atoms with Crippen LogP contribution in [0.5, 0.6) is 0 Å². The van der Waals surface area contributed by atoms with Gasteiger partial charge in [-0.2, -0.15) is 0 Å². The van der Waals surface area contributed by atoms with Crippen LogP contribution in [0, 0.1) is 0 Å². The first-order valence-electron chi connectivity index (χ1n) is 6.38. The van der Waals surface area contributed by atoms with Crippen LogP contribution >= 0.6 is 24.0 Å². The summed E-state index contributed by atoms with van der Waals surface area (Å²) in [6, 6.07) is 7.93. The van der Waals surface area contributed by atoms with E-state index in [4.69, 9.17) is 11.6 Å². The van der Waals surface area contributed by atoms with Crippen LogP contribution in [0.25, 0.3) is 0 Å². The molecule has 5 heteroatoms. The van der Waals surface area contributed by atoms with Gasteiger partial charge in [-0.3, -0.25) is 4.79 Å². The van der Waals surface area contributed by atoms with E-state index in [1.807, 2.05) is 36.2 Å². The maximum absolute atomic E-state index is 12.2. The number of rotatable bonds is 3. The van der Waals surface area contributed by atoms with Gasteiger partial charge in [0.15, 0.2) is 0 Å². The second-order valence-corrected chi connectivity index (χ2v) is 5.21. The standard InChI is InChI=1S/C14H19ClN2O.ClH/c1-16-13-3-2-8-17(10-13)14(18)9-11-4-6-12(15)7-5-11;/h4-7,13,16H,2-3,8-10H2,1H3;1H. The number of carbonyl (C=O) groups excluding carboxylic acids is 1. The molecule has 0 aliphatic carbocycles. The Hall–Kier alpha value is -0.770. The molecule has 1 aliphatic rings. The molecule has 106 valence electrons. The van der Waals surface area contributed by atoms with Gasteiger partial charge in [-0.25, -0.2) is 0 Å². The zero-order valence-electron chi connectivity index (χ0n) is 11.1. The smallest absolute Gasteiger partial charge is 0.227 e. The summed E-state index contributed by atoms with van der Waals surface area (Å²) < 4.78 is 0. The Morgan fingerprint density at radius 1 is 1.42 bits per heavy atom. The van der Waals surface area contributed by atoms with E-state index in [9.17, 15) is 4.79 Å². The van der Waals surface area contributed by atoms with E-state index in [0.29, 0.717) is 17.5 Å². The van der Waals surface area contributed by atoms with Crippen molar-refractivity contribution in [2.45, 2.75) is 25.3 Å². The lowest BCUT2D eigenvalue weighted by atomic mass is 10.0. The maximum atomic E-state index is 12.2. The number of nitrogens with zero attached hydrogens (tertiary/aromatic N) is 1. The molecule has 1 atom stereocenters. The van der Waals surface area contributed by atoms with E-state index >= 15 is 0 Å². The molecule has 19 heavy (non-hydrogen) atoms. The van der Waals surface area contributed by atoms with Crippen molar-refractivity contribution in [3.8, 4) is 0 Å². The zero-order valence-corrected chi connectivity index (χ0v) is 12.6. The quantitative estimate of drug-likeness (QED) is 0.930. The summed E-state index contributed by atoms with van der Waals surface area (Å²) in [4.78, 5) is 14.1. The van der Waals surface area contributed by atoms with Gasteiger partial charge >= 0.3 is 0 Å². The molecule has 0 saturated carbocycles. The lowest BCUT2D eigenvalue weighted by Crippen LogP contribution is -2.47. The minimum Gasteiger partial charge on any atom is -0.341 e. The van der Waals surface area contributed by atoms with E-state index in [1.54, 1.807) is 0 Å². The Morgan fingerprint density at radius 3 is 2.74 bits per heavy atom. The zero-order chi connectivity index (χ0) is 13.0. The lowest BCUT2D eigenvalue weighted by molar-refractivity contribution is -0.131. The second-order valence-electron chi connectivity index (χ2n) is 4.77. The third-order valence-electron chi connectivity index (χ3n) is 3.45. The predicted molar refractivity (Wildman–Crippen MR) is 81.1 cm³/mol. The normalized spacial score (nSPS) is 18.8. The molecule has 2 rings (SSSR count). The first kappa shape index (κ1) is 16.3. The third-order valence-corrected chi connectivity index (χ3v) is 3.70. The number of halogens is 2. The van der Waals surface area contributed by atoms with Gasteiger partial charge in [-0.05, 0) is 37.6 Å². The van der Waals surface area contributed by atoms with Crippen molar-refractivity contribution in [2.75, 3.05) is 20.1 Å². The number of hydrogen-bond acceptors (Lipinski definition) is 2. The molecule has 0 radical (unpaired) electrons. The number of carbonyl (C=O) groups is 1. The fourth-order valence-electron chi connectivity index (χ4n) is 2.33. The Kier molecular flexibility index (Phi) is 6.63. The van der Waals surface area contributed by atoms with E-state index in [1.165, 1.54) is 0 Å². The van der Waals surface area contributed by atoms with Crippen molar-refractivity contribution in [2.24, 2.45) is 0 Å². The van der Waals surface area contributed by atoms with Crippen molar-refractivity contribution >= 4 is 29.9 Å². The Labute approximate surface area is 125 Å². The van der Waals surface area contributed by atoms with Crippen molar-refractivity contribution in [3.63, 3.8) is 0 Å². The Balaban J connectivity index is 0.00000180. The molecule has 1 heterocycles. The summed E-state index contributed by atoms with van der Waals surface area (Å²) in [5.74, 6) is 0.206. The average Bonchev–Trinajstić information content (AvgIpc) is 2.41. The molecule has 1 saturated heterocycles. The summed E-state index contributed by atoms with van der Waals surface area (Å²) in [5, 5.41) is 3.96. The molecule has 1 fully saturated rings. The Bertz CT molecular complexity index is 408. The average molecular weight is 303 g/mol. The summed E-state index contributed by atoms with van der Waals surface area (Å²) in [7, 11) is 1.96. The molecule has 1 aliphatic heterocycles. The number of amides is 1. The molecule has 1 N–H and O–H groups in total. The first-order chi connectivity index (χ1) is 8.69. The fraction of sp³-hybridized carbons (Fsp3) is 0.500. The van der Waals surface area contributed by atoms with Crippen LogP contribution in [0.15, 0.2) is 24.3 Å². The van der Waals surface area contributed by atoms with E-state index in [-0.39, 0.29) is 18.3 Å². The number of likely N-dealkylation sites (N-methyl/N-ethyl adjacent to an activating group) is 1. The minimum atomic E-state index is 0. The summed E-state index contributed by atoms with van der Waals surface area (Å²) in [5.41, 5.74) is 1.02. The van der Waals surface area contributed by atoms with Crippen LogP contribution in [0.3, 0.4) is 0 Å². The molecule has 0 spiro atoms. The molecule has 0 bridgehead atoms. The van der Waals surface area contributed by atoms with Crippen LogP contribution in [0.1, 0.15) is 18.4 Å². The number of hydrogen-bond donors (Lipinski definition) is 1. The SMILES string of the molecule is CNC1CCCN(C(=O)Cc2ccc(Cl)cc2)C1.Cl. The van der Waals surface area contributed by atoms with Gasteiger partial charge in [0.25, 0.3) is 0 Å². The Morgan fingerprint density at radius 2 is 2.11 bits per heavy atom. The molecule has 1 aromatic carbocycles. The van der Waals surface area contributed by atoms with Crippen molar-refractivity contribution < 1.29 is 4.79 Å². The van der Waals surface area contributed by atoms with Crippen molar-refractivity contribution in [3.05, 3.63) is 34.9 Å². The molecular weight excluding hydrogens is 283 g/mol. The highest BCUT2D eigenvalue weighted by molar-refractivity contribution is 6.30. The molecule has 1 unspecified atom stereocenters. The van der Waals surface area contributed by atoms with Crippen LogP contribution < -0.4 is 5.32 Å². The van der Waals surface area contributed by atoms with Gasteiger partial charge in [-0.1, -0.05) is 23.7 Å². The second kappa shape index (κ2) is 7.73. The van der Waals surface area contributed by atoms with Gasteiger partial charge in [0.2, 0.25) is 5.91 Å². The van der Waals surface area contributed by atoms with Crippen molar-refractivity contribution in [1.29, 1.82) is 0 Å². The monoisotopic (exact) mass is 302 g/mol. The number of likely N-dealkylation sites (tertiary alicyclic amines) is 1. The van der Waals surface area contributed by atoms with Gasteiger partial charge in [0, 0.05) is 24.2 Å². The van der Waals surface area contributed by atoms with E-state index in [0.717, 1.165) is 31.5 Å². The summed E-state index contributed by atoms with van der Waals surface area (Å²) in [6.07, 6.45) is 2.70.